The third-order valence-electron chi connectivity index (χ3n) is 3.45. The lowest BCUT2D eigenvalue weighted by Gasteiger charge is -2.29. The molecule has 5 heteroatoms. The molecule has 88 valence electrons. The summed E-state index contributed by atoms with van der Waals surface area (Å²) in [4.78, 5) is 2.10. The van der Waals surface area contributed by atoms with Gasteiger partial charge < -0.3 is 15.4 Å². The van der Waals surface area contributed by atoms with Crippen molar-refractivity contribution in [3.8, 4) is 6.07 Å². The summed E-state index contributed by atoms with van der Waals surface area (Å²) in [6.07, 6.45) is 1.21. The zero-order valence-corrected chi connectivity index (χ0v) is 9.19. The van der Waals surface area contributed by atoms with Crippen molar-refractivity contribution in [2.75, 3.05) is 23.8 Å². The molecule has 0 spiro atoms. The van der Waals surface area contributed by atoms with Crippen LogP contribution in [0, 0.1) is 17.1 Å². The number of fused-ring (bicyclic) bond motifs is 2. The number of ether oxygens (including phenoxy) is 1. The van der Waals surface area contributed by atoms with Gasteiger partial charge in [-0.15, -0.1) is 0 Å². The van der Waals surface area contributed by atoms with Crippen LogP contribution in [0.3, 0.4) is 0 Å². The zero-order valence-electron chi connectivity index (χ0n) is 9.19. The molecule has 0 radical (unpaired) electrons. The van der Waals surface area contributed by atoms with Crippen molar-refractivity contribution in [3.05, 3.63) is 23.5 Å². The van der Waals surface area contributed by atoms with Gasteiger partial charge in [-0.05, 0) is 18.6 Å². The summed E-state index contributed by atoms with van der Waals surface area (Å²) in [7, 11) is 0. The summed E-state index contributed by atoms with van der Waals surface area (Å²) >= 11 is 0. The van der Waals surface area contributed by atoms with Crippen LogP contribution in [0.15, 0.2) is 12.1 Å². The summed E-state index contributed by atoms with van der Waals surface area (Å²) in [5, 5.41) is 9.05. The highest BCUT2D eigenvalue weighted by Gasteiger charge is 2.39. The highest BCUT2D eigenvalue weighted by molar-refractivity contribution is 5.67. The van der Waals surface area contributed by atoms with Gasteiger partial charge in [0.15, 0.2) is 0 Å². The fourth-order valence-corrected chi connectivity index (χ4v) is 2.60. The predicted molar refractivity (Wildman–Crippen MR) is 61.0 cm³/mol. The van der Waals surface area contributed by atoms with E-state index in [4.69, 9.17) is 15.7 Å². The van der Waals surface area contributed by atoms with Crippen LogP contribution >= 0.6 is 0 Å². The molecule has 2 N–H and O–H groups in total. The largest absolute Gasteiger partial charge is 0.396 e. The van der Waals surface area contributed by atoms with Crippen LogP contribution in [0.5, 0.6) is 0 Å². The fourth-order valence-electron chi connectivity index (χ4n) is 2.60. The molecule has 0 saturated carbocycles. The molecule has 3 rings (SSSR count). The van der Waals surface area contributed by atoms with Crippen LogP contribution in [0.4, 0.5) is 15.8 Å². The fraction of sp³-hybridized carbons (Fsp3) is 0.417. The topological polar surface area (TPSA) is 62.3 Å². The average molecular weight is 233 g/mol. The van der Waals surface area contributed by atoms with Crippen molar-refractivity contribution >= 4 is 11.4 Å². The average Bonchev–Trinajstić information content (AvgIpc) is 2.94. The second-order valence-corrected chi connectivity index (χ2v) is 4.50. The van der Waals surface area contributed by atoms with E-state index in [2.05, 4.69) is 4.90 Å². The van der Waals surface area contributed by atoms with Crippen molar-refractivity contribution in [3.63, 3.8) is 0 Å². The Balaban J connectivity index is 2.03. The Labute approximate surface area is 98.4 Å². The third-order valence-corrected chi connectivity index (χ3v) is 3.45. The molecule has 2 fully saturated rings. The van der Waals surface area contributed by atoms with Gasteiger partial charge >= 0.3 is 0 Å². The minimum atomic E-state index is -0.536. The molecule has 1 aromatic rings. The third kappa shape index (κ3) is 1.53. The van der Waals surface area contributed by atoms with Gasteiger partial charge in [0.25, 0.3) is 0 Å². The number of nitriles is 1. The number of rotatable bonds is 1. The van der Waals surface area contributed by atoms with E-state index in [0.717, 1.165) is 18.7 Å². The van der Waals surface area contributed by atoms with Crippen molar-refractivity contribution in [1.82, 2.24) is 0 Å². The molecule has 4 nitrogen and oxygen atoms in total. The number of hydrogen-bond acceptors (Lipinski definition) is 4. The zero-order chi connectivity index (χ0) is 12.0. The molecule has 1 aromatic carbocycles. The Kier molecular flexibility index (Phi) is 2.20. The van der Waals surface area contributed by atoms with Crippen molar-refractivity contribution < 1.29 is 9.13 Å². The Morgan fingerprint density at radius 3 is 2.94 bits per heavy atom. The number of anilines is 2. The summed E-state index contributed by atoms with van der Waals surface area (Å²) in [6.45, 7) is 1.43. The number of benzene rings is 1. The standard InChI is InChI=1S/C12H12FN3O/c13-10-1-7(4-14)12(3-11(10)15)16-5-9-2-8(16)6-17-9/h1,3,8-9H,2,5-6,15H2. The van der Waals surface area contributed by atoms with Crippen LogP contribution in [0.1, 0.15) is 12.0 Å². The van der Waals surface area contributed by atoms with Gasteiger partial charge in [-0.2, -0.15) is 5.26 Å². The van der Waals surface area contributed by atoms with Gasteiger partial charge in [-0.1, -0.05) is 0 Å². The van der Waals surface area contributed by atoms with E-state index in [1.54, 1.807) is 6.07 Å². The van der Waals surface area contributed by atoms with Crippen molar-refractivity contribution in [2.45, 2.75) is 18.6 Å². The lowest BCUT2D eigenvalue weighted by Crippen LogP contribution is -2.37. The summed E-state index contributed by atoms with van der Waals surface area (Å²) in [6, 6.07) is 5.07. The predicted octanol–water partition coefficient (Wildman–Crippen LogP) is 1.26. The number of hydrogen-bond donors (Lipinski definition) is 1. The molecule has 0 aromatic heterocycles. The van der Waals surface area contributed by atoms with Crippen LogP contribution < -0.4 is 10.6 Å². The molecule has 2 aliphatic rings. The Morgan fingerprint density at radius 1 is 1.53 bits per heavy atom. The lowest BCUT2D eigenvalue weighted by molar-refractivity contribution is 0.0991. The first-order valence-corrected chi connectivity index (χ1v) is 5.56. The van der Waals surface area contributed by atoms with Crippen molar-refractivity contribution in [2.24, 2.45) is 0 Å². The summed E-state index contributed by atoms with van der Waals surface area (Å²) in [5.74, 6) is -0.536. The second kappa shape index (κ2) is 3.60. The second-order valence-electron chi connectivity index (χ2n) is 4.50. The van der Waals surface area contributed by atoms with E-state index in [1.807, 2.05) is 6.07 Å². The number of morpholine rings is 1. The van der Waals surface area contributed by atoms with E-state index in [-0.39, 0.29) is 17.8 Å². The quantitative estimate of drug-likeness (QED) is 0.742. The van der Waals surface area contributed by atoms with Crippen molar-refractivity contribution in [1.29, 1.82) is 5.26 Å². The Bertz CT molecular complexity index is 511. The minimum Gasteiger partial charge on any atom is -0.396 e. The summed E-state index contributed by atoms with van der Waals surface area (Å²) in [5.41, 5.74) is 6.71. The maximum atomic E-state index is 13.3. The normalized spacial score (nSPS) is 26.2. The van der Waals surface area contributed by atoms with Gasteiger partial charge in [0.1, 0.15) is 11.9 Å². The van der Waals surface area contributed by atoms with Gasteiger partial charge in [0, 0.05) is 6.54 Å². The molecule has 2 unspecified atom stereocenters. The van der Waals surface area contributed by atoms with Gasteiger partial charge in [-0.25, -0.2) is 4.39 Å². The lowest BCUT2D eigenvalue weighted by atomic mass is 10.1. The first-order chi connectivity index (χ1) is 8.19. The van der Waals surface area contributed by atoms with E-state index in [9.17, 15) is 4.39 Å². The number of nitrogens with zero attached hydrogens (tertiary/aromatic N) is 2. The van der Waals surface area contributed by atoms with E-state index in [1.165, 1.54) is 6.07 Å². The molecular weight excluding hydrogens is 221 g/mol. The Morgan fingerprint density at radius 2 is 2.35 bits per heavy atom. The molecule has 2 atom stereocenters. The molecule has 0 amide bonds. The van der Waals surface area contributed by atoms with Crippen LogP contribution in [0.2, 0.25) is 0 Å². The maximum Gasteiger partial charge on any atom is 0.147 e. The maximum absolute atomic E-state index is 13.3. The van der Waals surface area contributed by atoms with E-state index < -0.39 is 5.82 Å². The number of nitrogen functional groups attached to an aromatic ring is 1. The summed E-state index contributed by atoms with van der Waals surface area (Å²) < 4.78 is 18.8. The SMILES string of the molecule is N#Cc1cc(F)c(N)cc1N1CC2CC1CO2. The van der Waals surface area contributed by atoms with Gasteiger partial charge in [-0.3, -0.25) is 0 Å². The van der Waals surface area contributed by atoms with E-state index in [0.29, 0.717) is 12.2 Å². The monoisotopic (exact) mass is 233 g/mol. The van der Waals surface area contributed by atoms with Gasteiger partial charge in [0.05, 0.1) is 35.7 Å². The highest BCUT2D eigenvalue weighted by Crippen LogP contribution is 2.35. The number of nitrogens with two attached hydrogens (primary N) is 1. The van der Waals surface area contributed by atoms with Crippen LogP contribution in [-0.4, -0.2) is 25.3 Å². The molecule has 2 heterocycles. The van der Waals surface area contributed by atoms with Crippen LogP contribution in [0.25, 0.3) is 0 Å². The highest BCUT2D eigenvalue weighted by atomic mass is 19.1. The molecule has 17 heavy (non-hydrogen) atoms. The van der Waals surface area contributed by atoms with E-state index >= 15 is 0 Å². The minimum absolute atomic E-state index is 0.0858. The Hall–Kier alpha value is -1.80. The van der Waals surface area contributed by atoms with Gasteiger partial charge in [0.2, 0.25) is 0 Å². The first kappa shape index (κ1) is 10.4. The van der Waals surface area contributed by atoms with Crippen LogP contribution in [-0.2, 0) is 4.74 Å². The molecule has 0 aliphatic carbocycles. The molecule has 2 bridgehead atoms. The molecular formula is C12H12FN3O. The molecule has 2 aliphatic heterocycles. The number of halogens is 1. The first-order valence-electron chi connectivity index (χ1n) is 5.56. The molecule has 2 saturated heterocycles. The smallest absolute Gasteiger partial charge is 0.147 e.